The Morgan fingerprint density at radius 3 is 2.62 bits per heavy atom. The van der Waals surface area contributed by atoms with Crippen LogP contribution in [-0.2, 0) is 4.74 Å². The molecule has 2 aromatic rings. The van der Waals surface area contributed by atoms with Crippen molar-refractivity contribution in [3.63, 3.8) is 0 Å². The third-order valence-corrected chi connectivity index (χ3v) is 6.37. The SMILES string of the molecule is Cc1cccc(OCC2(O)COCCN(C3CCC(c4ccccc4)CC3)C2)c1. The third-order valence-electron chi connectivity index (χ3n) is 6.37. The summed E-state index contributed by atoms with van der Waals surface area (Å²) < 4.78 is 11.7. The molecule has 0 bridgehead atoms. The van der Waals surface area contributed by atoms with E-state index in [1.165, 1.54) is 31.2 Å². The van der Waals surface area contributed by atoms with Gasteiger partial charge < -0.3 is 14.6 Å². The molecular weight excluding hydrogens is 362 g/mol. The molecule has 2 fully saturated rings. The first-order valence-electron chi connectivity index (χ1n) is 10.9. The van der Waals surface area contributed by atoms with Crippen LogP contribution in [0.25, 0.3) is 0 Å². The first-order valence-corrected chi connectivity index (χ1v) is 10.9. The van der Waals surface area contributed by atoms with E-state index in [9.17, 15) is 5.11 Å². The Hall–Kier alpha value is -1.88. The molecule has 2 aliphatic rings. The minimum atomic E-state index is -0.976. The maximum atomic E-state index is 11.2. The van der Waals surface area contributed by atoms with Gasteiger partial charge in [-0.1, -0.05) is 42.5 Å². The number of benzene rings is 2. The molecule has 0 radical (unpaired) electrons. The van der Waals surface area contributed by atoms with E-state index < -0.39 is 5.60 Å². The zero-order valence-electron chi connectivity index (χ0n) is 17.4. The van der Waals surface area contributed by atoms with Crippen molar-refractivity contribution >= 4 is 0 Å². The van der Waals surface area contributed by atoms with Crippen LogP contribution in [0, 0.1) is 6.92 Å². The van der Waals surface area contributed by atoms with Gasteiger partial charge in [-0.25, -0.2) is 0 Å². The normalized spacial score (nSPS) is 28.6. The summed E-state index contributed by atoms with van der Waals surface area (Å²) in [7, 11) is 0. The molecule has 1 N–H and O–H groups in total. The van der Waals surface area contributed by atoms with Crippen LogP contribution in [0.5, 0.6) is 5.75 Å². The van der Waals surface area contributed by atoms with Gasteiger partial charge in [-0.15, -0.1) is 0 Å². The highest BCUT2D eigenvalue weighted by Gasteiger charge is 2.37. The van der Waals surface area contributed by atoms with Crippen molar-refractivity contribution in [2.45, 2.75) is 50.2 Å². The Morgan fingerprint density at radius 1 is 1.07 bits per heavy atom. The van der Waals surface area contributed by atoms with Crippen LogP contribution in [0.3, 0.4) is 0 Å². The quantitative estimate of drug-likeness (QED) is 0.825. The smallest absolute Gasteiger partial charge is 0.134 e. The second-order valence-electron chi connectivity index (χ2n) is 8.77. The van der Waals surface area contributed by atoms with E-state index in [1.54, 1.807) is 0 Å². The first-order chi connectivity index (χ1) is 14.1. The molecule has 2 aromatic carbocycles. The number of rotatable bonds is 5. The van der Waals surface area contributed by atoms with Crippen LogP contribution < -0.4 is 4.74 Å². The lowest BCUT2D eigenvalue weighted by molar-refractivity contribution is -0.0683. The molecule has 156 valence electrons. The highest BCUT2D eigenvalue weighted by atomic mass is 16.5. The van der Waals surface area contributed by atoms with Crippen molar-refractivity contribution < 1.29 is 14.6 Å². The van der Waals surface area contributed by atoms with E-state index in [1.807, 2.05) is 31.2 Å². The van der Waals surface area contributed by atoms with Crippen molar-refractivity contribution in [1.29, 1.82) is 0 Å². The fourth-order valence-electron chi connectivity index (χ4n) is 4.77. The highest BCUT2D eigenvalue weighted by molar-refractivity contribution is 5.27. The molecule has 1 saturated heterocycles. The molecular formula is C25H33NO3. The summed E-state index contributed by atoms with van der Waals surface area (Å²) in [6, 6.07) is 19.4. The number of aliphatic hydroxyl groups is 1. The number of ether oxygens (including phenoxy) is 2. The van der Waals surface area contributed by atoms with Crippen molar-refractivity contribution in [3.8, 4) is 5.75 Å². The second kappa shape index (κ2) is 9.29. The molecule has 1 aliphatic carbocycles. The summed E-state index contributed by atoms with van der Waals surface area (Å²) in [6.45, 7) is 4.79. The van der Waals surface area contributed by atoms with Crippen LogP contribution in [0.1, 0.15) is 42.7 Å². The predicted molar refractivity (Wildman–Crippen MR) is 115 cm³/mol. The maximum absolute atomic E-state index is 11.2. The number of aryl methyl sites for hydroxylation is 1. The van der Waals surface area contributed by atoms with Gasteiger partial charge in [0.05, 0.1) is 13.2 Å². The Morgan fingerprint density at radius 2 is 1.86 bits per heavy atom. The zero-order valence-corrected chi connectivity index (χ0v) is 17.4. The molecule has 4 rings (SSSR count). The molecule has 1 atom stereocenters. The first kappa shape index (κ1) is 20.4. The van der Waals surface area contributed by atoms with Crippen LogP contribution in [-0.4, -0.2) is 54.6 Å². The third kappa shape index (κ3) is 5.39. The van der Waals surface area contributed by atoms with Crippen molar-refractivity contribution in [2.24, 2.45) is 0 Å². The number of hydrogen-bond acceptors (Lipinski definition) is 4. The van der Waals surface area contributed by atoms with E-state index >= 15 is 0 Å². The van der Waals surface area contributed by atoms with Gasteiger partial charge in [-0.2, -0.15) is 0 Å². The topological polar surface area (TPSA) is 41.9 Å². The summed E-state index contributed by atoms with van der Waals surface area (Å²) in [5.74, 6) is 1.47. The summed E-state index contributed by atoms with van der Waals surface area (Å²) in [6.07, 6.45) is 4.78. The maximum Gasteiger partial charge on any atom is 0.134 e. The minimum absolute atomic E-state index is 0.256. The molecule has 29 heavy (non-hydrogen) atoms. The average molecular weight is 396 g/mol. The molecule has 4 nitrogen and oxygen atoms in total. The standard InChI is InChI=1S/C25H33NO3/c1-20-6-5-9-24(16-20)29-19-25(27)17-26(14-15-28-18-25)23-12-10-22(11-13-23)21-7-3-2-4-8-21/h2-9,16,22-23,27H,10-15,17-19H2,1H3. The van der Waals surface area contributed by atoms with Crippen molar-refractivity contribution in [1.82, 2.24) is 4.90 Å². The Balaban J connectivity index is 1.34. The van der Waals surface area contributed by atoms with E-state index in [2.05, 4.69) is 35.2 Å². The largest absolute Gasteiger partial charge is 0.490 e. The Bertz CT molecular complexity index is 773. The van der Waals surface area contributed by atoms with Crippen LogP contribution in [0.4, 0.5) is 0 Å². The van der Waals surface area contributed by atoms with Gasteiger partial charge in [0, 0.05) is 19.1 Å². The fourth-order valence-corrected chi connectivity index (χ4v) is 4.77. The summed E-state index contributed by atoms with van der Waals surface area (Å²) in [4.78, 5) is 2.44. The van der Waals surface area contributed by atoms with E-state index in [0.29, 0.717) is 31.7 Å². The zero-order chi connectivity index (χ0) is 20.1. The lowest BCUT2D eigenvalue weighted by Gasteiger charge is -2.39. The van der Waals surface area contributed by atoms with Crippen LogP contribution in [0.15, 0.2) is 54.6 Å². The monoisotopic (exact) mass is 395 g/mol. The van der Waals surface area contributed by atoms with Gasteiger partial charge in [0.15, 0.2) is 0 Å². The van der Waals surface area contributed by atoms with E-state index in [0.717, 1.165) is 17.9 Å². The number of β-amino-alcohol motifs (C(OH)–C–C–N with tert-alkyl or cyclic N) is 1. The lowest BCUT2D eigenvalue weighted by Crippen LogP contribution is -2.52. The number of hydrogen-bond donors (Lipinski definition) is 1. The van der Waals surface area contributed by atoms with Gasteiger partial charge in [-0.3, -0.25) is 4.90 Å². The molecule has 1 aliphatic heterocycles. The molecule has 1 unspecified atom stereocenters. The van der Waals surface area contributed by atoms with Crippen LogP contribution in [0.2, 0.25) is 0 Å². The average Bonchev–Trinajstić information content (AvgIpc) is 2.95. The molecule has 0 spiro atoms. The molecule has 0 amide bonds. The van der Waals surface area contributed by atoms with Crippen LogP contribution >= 0.6 is 0 Å². The summed E-state index contributed by atoms with van der Waals surface area (Å²) >= 11 is 0. The minimum Gasteiger partial charge on any atom is -0.490 e. The molecule has 1 heterocycles. The van der Waals surface area contributed by atoms with Gasteiger partial charge >= 0.3 is 0 Å². The van der Waals surface area contributed by atoms with E-state index in [-0.39, 0.29) is 6.61 Å². The predicted octanol–water partition coefficient (Wildman–Crippen LogP) is 4.16. The molecule has 4 heteroatoms. The van der Waals surface area contributed by atoms with Crippen molar-refractivity contribution in [2.75, 3.05) is 32.9 Å². The highest BCUT2D eigenvalue weighted by Crippen LogP contribution is 2.35. The lowest BCUT2D eigenvalue weighted by atomic mass is 9.81. The van der Waals surface area contributed by atoms with E-state index in [4.69, 9.17) is 9.47 Å². The second-order valence-corrected chi connectivity index (χ2v) is 8.77. The molecule has 0 aromatic heterocycles. The fraction of sp³-hybridized carbons (Fsp3) is 0.520. The Kier molecular flexibility index (Phi) is 6.53. The summed E-state index contributed by atoms with van der Waals surface area (Å²) in [5, 5.41) is 11.2. The Labute approximate surface area is 174 Å². The van der Waals surface area contributed by atoms with Gasteiger partial charge in [0.25, 0.3) is 0 Å². The number of nitrogens with zero attached hydrogens (tertiary/aromatic N) is 1. The van der Waals surface area contributed by atoms with Gasteiger partial charge in [-0.05, 0) is 61.8 Å². The van der Waals surface area contributed by atoms with Gasteiger partial charge in [0.2, 0.25) is 0 Å². The van der Waals surface area contributed by atoms with Crippen molar-refractivity contribution in [3.05, 3.63) is 65.7 Å². The van der Waals surface area contributed by atoms with Gasteiger partial charge in [0.1, 0.15) is 18.0 Å². The summed E-state index contributed by atoms with van der Waals surface area (Å²) in [5.41, 5.74) is 1.65. The molecule has 1 saturated carbocycles.